The van der Waals surface area contributed by atoms with Crippen molar-refractivity contribution in [3.05, 3.63) is 59.7 Å². The Bertz CT molecular complexity index is 872. The molecule has 2 N–H and O–H groups in total. The van der Waals surface area contributed by atoms with Crippen LogP contribution in [-0.4, -0.2) is 39.5 Å². The fourth-order valence-corrected chi connectivity index (χ4v) is 4.34. The second-order valence-electron chi connectivity index (χ2n) is 6.16. The Kier molecular flexibility index (Phi) is 10.9. The second kappa shape index (κ2) is 12.3. The number of guanidine groups is 1. The summed E-state index contributed by atoms with van der Waals surface area (Å²) in [6.45, 7) is 5.92. The van der Waals surface area contributed by atoms with Crippen LogP contribution in [0.2, 0.25) is 0 Å². The maximum Gasteiger partial charge on any atom is 0.191 e. The molecule has 154 valence electrons. The van der Waals surface area contributed by atoms with Gasteiger partial charge in [0.05, 0.1) is 11.4 Å². The van der Waals surface area contributed by atoms with Crippen LogP contribution in [0.15, 0.2) is 63.3 Å². The lowest BCUT2D eigenvalue weighted by molar-refractivity contribution is 0.601. The van der Waals surface area contributed by atoms with E-state index in [0.29, 0.717) is 11.4 Å². The van der Waals surface area contributed by atoms with Gasteiger partial charge >= 0.3 is 0 Å². The predicted octanol–water partition coefficient (Wildman–Crippen LogP) is 3.86. The lowest BCUT2D eigenvalue weighted by Crippen LogP contribution is -2.38. The van der Waals surface area contributed by atoms with Crippen molar-refractivity contribution in [1.29, 1.82) is 0 Å². The first-order valence-corrected chi connectivity index (χ1v) is 11.8. The van der Waals surface area contributed by atoms with Crippen LogP contribution >= 0.6 is 35.7 Å². The molecule has 0 unspecified atom stereocenters. The largest absolute Gasteiger partial charge is 0.357 e. The first-order valence-electron chi connectivity index (χ1n) is 8.89. The molecule has 0 bridgehead atoms. The summed E-state index contributed by atoms with van der Waals surface area (Å²) < 4.78 is 23.4. The Morgan fingerprint density at radius 2 is 1.82 bits per heavy atom. The molecule has 0 radical (unpaired) electrons. The van der Waals surface area contributed by atoms with E-state index in [-0.39, 0.29) is 24.0 Å². The minimum atomic E-state index is -3.19. The molecule has 8 heteroatoms. The number of aliphatic imine (C=N–C) groups is 1. The third-order valence-corrected chi connectivity index (χ3v) is 6.08. The maximum atomic E-state index is 11.7. The summed E-state index contributed by atoms with van der Waals surface area (Å²) in [6.07, 6.45) is 1.23. The van der Waals surface area contributed by atoms with Gasteiger partial charge in [0.1, 0.15) is 0 Å². The van der Waals surface area contributed by atoms with Gasteiger partial charge in [-0.05, 0) is 43.2 Å². The summed E-state index contributed by atoms with van der Waals surface area (Å²) in [6, 6.07) is 15.7. The monoisotopic (exact) mass is 533 g/mol. The Balaban J connectivity index is 0.00000392. The molecular formula is C20H28IN3O2S2. The van der Waals surface area contributed by atoms with E-state index in [2.05, 4.69) is 27.8 Å². The summed E-state index contributed by atoms with van der Waals surface area (Å²) in [5.41, 5.74) is 1.73. The lowest BCUT2D eigenvalue weighted by atomic mass is 10.1. The smallest absolute Gasteiger partial charge is 0.191 e. The summed E-state index contributed by atoms with van der Waals surface area (Å²) in [7, 11) is -3.19. The van der Waals surface area contributed by atoms with Crippen LogP contribution in [0, 0.1) is 6.92 Å². The van der Waals surface area contributed by atoms with Crippen LogP contribution in [0.25, 0.3) is 0 Å². The first-order chi connectivity index (χ1) is 12.9. The Hall–Kier alpha value is -1.26. The number of aryl methyl sites for hydroxylation is 1. The summed E-state index contributed by atoms with van der Waals surface area (Å²) in [5.74, 6) is 1.70. The van der Waals surface area contributed by atoms with Crippen molar-refractivity contribution >= 4 is 51.5 Å². The molecule has 0 saturated carbocycles. The van der Waals surface area contributed by atoms with Gasteiger partial charge in [-0.1, -0.05) is 30.3 Å². The maximum absolute atomic E-state index is 11.7. The van der Waals surface area contributed by atoms with Crippen molar-refractivity contribution in [2.75, 3.05) is 25.1 Å². The molecule has 0 aliphatic heterocycles. The number of benzene rings is 2. The van der Waals surface area contributed by atoms with E-state index in [4.69, 9.17) is 0 Å². The molecule has 0 spiro atoms. The average Bonchev–Trinajstić information content (AvgIpc) is 2.63. The molecular weight excluding hydrogens is 505 g/mol. The van der Waals surface area contributed by atoms with Crippen molar-refractivity contribution in [3.8, 4) is 0 Å². The van der Waals surface area contributed by atoms with E-state index in [1.54, 1.807) is 17.8 Å². The van der Waals surface area contributed by atoms with Gasteiger partial charge < -0.3 is 10.6 Å². The van der Waals surface area contributed by atoms with Crippen molar-refractivity contribution < 1.29 is 8.42 Å². The van der Waals surface area contributed by atoms with E-state index >= 15 is 0 Å². The summed E-state index contributed by atoms with van der Waals surface area (Å²) in [4.78, 5) is 6.22. The van der Waals surface area contributed by atoms with Gasteiger partial charge in [0.15, 0.2) is 15.8 Å². The van der Waals surface area contributed by atoms with E-state index < -0.39 is 9.84 Å². The fourth-order valence-electron chi connectivity index (χ4n) is 2.59. The fraction of sp³-hybridized carbons (Fsp3) is 0.350. The number of nitrogens with one attached hydrogen (secondary N) is 2. The third-order valence-electron chi connectivity index (χ3n) is 3.81. The highest BCUT2D eigenvalue weighted by Crippen LogP contribution is 2.17. The Labute approximate surface area is 189 Å². The van der Waals surface area contributed by atoms with Gasteiger partial charge in [0.2, 0.25) is 0 Å². The minimum Gasteiger partial charge on any atom is -0.357 e. The van der Waals surface area contributed by atoms with Crippen LogP contribution in [0.3, 0.4) is 0 Å². The molecule has 2 aromatic rings. The molecule has 0 aliphatic rings. The standard InChI is InChI=1S/C20H27N3O2S2.HI/c1-4-21-20(22-12-13-26-18-8-6-5-7-9-18)23-15-17-10-11-19(16(2)14-17)27(3,24)25;/h5-11,14H,4,12-13,15H2,1-3H3,(H2,21,22,23);1H. The van der Waals surface area contributed by atoms with Gasteiger partial charge in [-0.2, -0.15) is 0 Å². The van der Waals surface area contributed by atoms with Crippen LogP contribution < -0.4 is 10.6 Å². The Morgan fingerprint density at radius 3 is 2.43 bits per heavy atom. The van der Waals surface area contributed by atoms with Crippen LogP contribution in [-0.2, 0) is 16.4 Å². The van der Waals surface area contributed by atoms with Gasteiger partial charge in [-0.15, -0.1) is 35.7 Å². The van der Waals surface area contributed by atoms with E-state index in [1.807, 2.05) is 44.2 Å². The molecule has 0 amide bonds. The highest BCUT2D eigenvalue weighted by Gasteiger charge is 2.10. The number of thioether (sulfide) groups is 1. The molecule has 2 aromatic carbocycles. The van der Waals surface area contributed by atoms with Crippen LogP contribution in [0.1, 0.15) is 18.1 Å². The number of sulfone groups is 1. The quantitative estimate of drug-likeness (QED) is 0.177. The molecule has 28 heavy (non-hydrogen) atoms. The second-order valence-corrected chi connectivity index (χ2v) is 9.31. The van der Waals surface area contributed by atoms with Crippen molar-refractivity contribution in [2.24, 2.45) is 4.99 Å². The Morgan fingerprint density at radius 1 is 1.11 bits per heavy atom. The van der Waals surface area contributed by atoms with E-state index in [1.165, 1.54) is 11.2 Å². The summed E-state index contributed by atoms with van der Waals surface area (Å²) in [5, 5.41) is 6.57. The van der Waals surface area contributed by atoms with Crippen LogP contribution in [0.5, 0.6) is 0 Å². The van der Waals surface area contributed by atoms with Crippen LogP contribution in [0.4, 0.5) is 0 Å². The number of hydrogen-bond donors (Lipinski definition) is 2. The van der Waals surface area contributed by atoms with E-state index in [9.17, 15) is 8.42 Å². The third kappa shape index (κ3) is 8.40. The summed E-state index contributed by atoms with van der Waals surface area (Å²) >= 11 is 1.80. The van der Waals surface area contributed by atoms with Gasteiger partial charge in [0, 0.05) is 30.0 Å². The van der Waals surface area contributed by atoms with Crippen molar-refractivity contribution in [2.45, 2.75) is 30.2 Å². The zero-order valence-electron chi connectivity index (χ0n) is 16.4. The highest BCUT2D eigenvalue weighted by molar-refractivity contribution is 14.0. The minimum absolute atomic E-state index is 0. The lowest BCUT2D eigenvalue weighted by Gasteiger charge is -2.11. The molecule has 0 heterocycles. The van der Waals surface area contributed by atoms with E-state index in [0.717, 1.165) is 35.9 Å². The molecule has 5 nitrogen and oxygen atoms in total. The SMILES string of the molecule is CCNC(=NCc1ccc(S(C)(=O)=O)c(C)c1)NCCSc1ccccc1.I. The molecule has 2 rings (SSSR count). The molecule has 0 aromatic heterocycles. The number of rotatable bonds is 8. The number of halogens is 1. The van der Waals surface area contributed by atoms with Gasteiger partial charge in [-0.3, -0.25) is 0 Å². The van der Waals surface area contributed by atoms with Gasteiger partial charge in [0.25, 0.3) is 0 Å². The zero-order chi connectivity index (χ0) is 19.7. The predicted molar refractivity (Wildman–Crippen MR) is 130 cm³/mol. The van der Waals surface area contributed by atoms with Crippen molar-refractivity contribution in [3.63, 3.8) is 0 Å². The highest BCUT2D eigenvalue weighted by atomic mass is 127. The molecule has 0 saturated heterocycles. The average molecular weight is 534 g/mol. The first kappa shape index (κ1) is 24.8. The zero-order valence-corrected chi connectivity index (χ0v) is 20.4. The van der Waals surface area contributed by atoms with Gasteiger partial charge in [-0.25, -0.2) is 13.4 Å². The topological polar surface area (TPSA) is 70.6 Å². The number of hydrogen-bond acceptors (Lipinski definition) is 4. The van der Waals surface area contributed by atoms with Crippen molar-refractivity contribution in [1.82, 2.24) is 10.6 Å². The molecule has 0 fully saturated rings. The molecule has 0 atom stereocenters. The molecule has 0 aliphatic carbocycles. The number of nitrogens with zero attached hydrogens (tertiary/aromatic N) is 1. The normalized spacial score (nSPS) is 11.6.